The molecule has 2 heterocycles. The lowest BCUT2D eigenvalue weighted by Gasteiger charge is -2.18. The van der Waals surface area contributed by atoms with E-state index in [1.54, 1.807) is 18.2 Å². The van der Waals surface area contributed by atoms with Crippen molar-refractivity contribution in [3.8, 4) is 34.8 Å². The minimum absolute atomic E-state index is 0.0169. The average Bonchev–Trinajstić information content (AvgIpc) is 3.21. The van der Waals surface area contributed by atoms with Crippen molar-refractivity contribution in [2.45, 2.75) is 12.7 Å². The van der Waals surface area contributed by atoms with Gasteiger partial charge in [-0.1, -0.05) is 12.1 Å². The van der Waals surface area contributed by atoms with Gasteiger partial charge in [-0.2, -0.15) is 10.5 Å². The number of nitrogens with one attached hydrogen (secondary N) is 1. The van der Waals surface area contributed by atoms with Crippen molar-refractivity contribution in [3.05, 3.63) is 39.7 Å². The number of H-pyrrole nitrogens is 1. The van der Waals surface area contributed by atoms with E-state index < -0.39 is 5.56 Å². The zero-order chi connectivity index (χ0) is 20.1. The zero-order valence-corrected chi connectivity index (χ0v) is 15.2. The lowest BCUT2D eigenvalue weighted by molar-refractivity contribution is -0.0532. The first-order valence-corrected chi connectivity index (χ1v) is 8.50. The van der Waals surface area contributed by atoms with Crippen molar-refractivity contribution >= 4 is 5.82 Å². The molecule has 1 saturated heterocycles. The summed E-state index contributed by atoms with van der Waals surface area (Å²) >= 11 is 0. The van der Waals surface area contributed by atoms with Crippen molar-refractivity contribution in [2.75, 3.05) is 32.7 Å². The number of benzene rings is 1. The van der Waals surface area contributed by atoms with Crippen LogP contribution in [0.2, 0.25) is 0 Å². The van der Waals surface area contributed by atoms with E-state index in [0.717, 1.165) is 0 Å². The van der Waals surface area contributed by atoms with E-state index in [2.05, 4.69) is 4.98 Å². The Balaban J connectivity index is 2.09. The predicted molar refractivity (Wildman–Crippen MR) is 98.7 cm³/mol. The van der Waals surface area contributed by atoms with Gasteiger partial charge in [0.05, 0.1) is 26.9 Å². The van der Waals surface area contributed by atoms with Crippen LogP contribution in [0.5, 0.6) is 11.5 Å². The van der Waals surface area contributed by atoms with Crippen molar-refractivity contribution in [2.24, 2.45) is 0 Å². The van der Waals surface area contributed by atoms with Gasteiger partial charge >= 0.3 is 0 Å². The molecule has 3 N–H and O–H groups in total. The number of nitriles is 2. The number of aromatic nitrogens is 1. The SMILES string of the molecule is COc1cccc(-c2c(C#N)c(N)[nH]c(=O)c2C#N)c1OCCC1OCCO1. The van der Waals surface area contributed by atoms with Crippen LogP contribution < -0.4 is 20.8 Å². The van der Waals surface area contributed by atoms with Crippen molar-refractivity contribution in [1.29, 1.82) is 10.5 Å². The van der Waals surface area contributed by atoms with Crippen LogP contribution in [0.25, 0.3) is 11.1 Å². The van der Waals surface area contributed by atoms with E-state index in [9.17, 15) is 15.3 Å². The second-order valence-corrected chi connectivity index (χ2v) is 5.86. The fourth-order valence-electron chi connectivity index (χ4n) is 2.97. The van der Waals surface area contributed by atoms with Gasteiger partial charge in [-0.05, 0) is 6.07 Å². The van der Waals surface area contributed by atoms with Crippen LogP contribution >= 0.6 is 0 Å². The first-order chi connectivity index (χ1) is 13.6. The van der Waals surface area contributed by atoms with E-state index >= 15 is 0 Å². The minimum atomic E-state index is -0.685. The summed E-state index contributed by atoms with van der Waals surface area (Å²) in [7, 11) is 1.47. The first kappa shape index (κ1) is 19.2. The van der Waals surface area contributed by atoms with Gasteiger partial charge in [-0.25, -0.2) is 0 Å². The highest BCUT2D eigenvalue weighted by Crippen LogP contribution is 2.41. The summed E-state index contributed by atoms with van der Waals surface area (Å²) in [4.78, 5) is 14.5. The summed E-state index contributed by atoms with van der Waals surface area (Å²) in [6.07, 6.45) is 0.128. The molecular formula is C19H18N4O5. The monoisotopic (exact) mass is 382 g/mol. The lowest BCUT2D eigenvalue weighted by Crippen LogP contribution is -2.17. The number of anilines is 1. The molecule has 1 aromatic heterocycles. The van der Waals surface area contributed by atoms with Gasteiger partial charge in [0.2, 0.25) is 0 Å². The highest BCUT2D eigenvalue weighted by Gasteiger charge is 2.24. The van der Waals surface area contributed by atoms with Crippen LogP contribution in [-0.4, -0.2) is 38.2 Å². The van der Waals surface area contributed by atoms with Crippen LogP contribution in [0.15, 0.2) is 23.0 Å². The summed E-state index contributed by atoms with van der Waals surface area (Å²) in [5.41, 5.74) is 5.34. The number of para-hydroxylation sites is 1. The highest BCUT2D eigenvalue weighted by atomic mass is 16.7. The predicted octanol–water partition coefficient (Wildman–Crippen LogP) is 1.52. The molecule has 0 spiro atoms. The molecule has 3 rings (SSSR count). The standard InChI is InChI=1S/C19H18N4O5/c1-25-14-4-2-3-11(17(14)28-6-5-15-26-7-8-27-15)16-12(9-20)18(22)23-19(24)13(16)10-21/h2-4,15H,5-8H2,1H3,(H3,22,23,24). The van der Waals surface area contributed by atoms with Gasteiger partial charge in [-0.15, -0.1) is 0 Å². The normalized spacial score (nSPS) is 13.7. The molecule has 28 heavy (non-hydrogen) atoms. The molecule has 2 aromatic rings. The molecule has 0 radical (unpaired) electrons. The maximum Gasteiger partial charge on any atom is 0.268 e. The van der Waals surface area contributed by atoms with Crippen LogP contribution in [0, 0.1) is 22.7 Å². The first-order valence-electron chi connectivity index (χ1n) is 8.50. The van der Waals surface area contributed by atoms with E-state index in [0.29, 0.717) is 36.7 Å². The van der Waals surface area contributed by atoms with Crippen LogP contribution in [0.1, 0.15) is 17.5 Å². The summed E-state index contributed by atoms with van der Waals surface area (Å²) < 4.78 is 22.0. The number of hydrogen-bond donors (Lipinski definition) is 2. The molecule has 0 bridgehead atoms. The largest absolute Gasteiger partial charge is 0.493 e. The number of pyridine rings is 1. The summed E-state index contributed by atoms with van der Waals surface area (Å²) in [5, 5.41) is 19.0. The molecular weight excluding hydrogens is 364 g/mol. The Kier molecular flexibility index (Phi) is 5.80. The molecule has 1 aliphatic rings. The quantitative estimate of drug-likeness (QED) is 0.765. The maximum atomic E-state index is 12.2. The molecule has 144 valence electrons. The van der Waals surface area contributed by atoms with Crippen molar-refractivity contribution < 1.29 is 18.9 Å². The van der Waals surface area contributed by atoms with Crippen LogP contribution in [0.4, 0.5) is 5.82 Å². The third-order valence-electron chi connectivity index (χ3n) is 4.23. The summed E-state index contributed by atoms with van der Waals surface area (Å²) in [6, 6.07) is 8.77. The molecule has 0 saturated carbocycles. The third kappa shape index (κ3) is 3.62. The Bertz CT molecular complexity index is 1010. The second-order valence-electron chi connectivity index (χ2n) is 5.86. The third-order valence-corrected chi connectivity index (χ3v) is 4.23. The number of nitrogens with two attached hydrogens (primary N) is 1. The molecule has 1 aromatic carbocycles. The number of nitrogen functional groups attached to an aromatic ring is 1. The molecule has 0 unspecified atom stereocenters. The molecule has 9 heteroatoms. The lowest BCUT2D eigenvalue weighted by atomic mass is 9.95. The highest BCUT2D eigenvalue weighted by molar-refractivity contribution is 5.85. The van der Waals surface area contributed by atoms with Crippen molar-refractivity contribution in [1.82, 2.24) is 4.98 Å². The summed E-state index contributed by atoms with van der Waals surface area (Å²) in [6.45, 7) is 1.31. The second kappa shape index (κ2) is 8.44. The van der Waals surface area contributed by atoms with Gasteiger partial charge in [0.15, 0.2) is 17.8 Å². The number of aromatic amines is 1. The zero-order valence-electron chi connectivity index (χ0n) is 15.2. The van der Waals surface area contributed by atoms with E-state index in [1.165, 1.54) is 7.11 Å². The number of rotatable bonds is 6. The fourth-order valence-corrected chi connectivity index (χ4v) is 2.97. The minimum Gasteiger partial charge on any atom is -0.493 e. The Morgan fingerprint density at radius 2 is 1.96 bits per heavy atom. The molecule has 0 aliphatic carbocycles. The Morgan fingerprint density at radius 3 is 2.61 bits per heavy atom. The molecule has 9 nitrogen and oxygen atoms in total. The molecule has 1 fully saturated rings. The van der Waals surface area contributed by atoms with Gasteiger partial charge in [0.1, 0.15) is 29.1 Å². The van der Waals surface area contributed by atoms with Gasteiger partial charge in [0.25, 0.3) is 5.56 Å². The maximum absolute atomic E-state index is 12.2. The summed E-state index contributed by atoms with van der Waals surface area (Å²) in [5.74, 6) is 0.557. The number of methoxy groups -OCH3 is 1. The van der Waals surface area contributed by atoms with Crippen LogP contribution in [-0.2, 0) is 9.47 Å². The van der Waals surface area contributed by atoms with Crippen LogP contribution in [0.3, 0.4) is 0 Å². The van der Waals surface area contributed by atoms with Crippen molar-refractivity contribution in [3.63, 3.8) is 0 Å². The van der Waals surface area contributed by atoms with Gasteiger partial charge in [-0.3, -0.25) is 4.79 Å². The molecule has 0 amide bonds. The topological polar surface area (TPSA) is 143 Å². The number of hydrogen-bond acceptors (Lipinski definition) is 8. The molecule has 0 atom stereocenters. The number of ether oxygens (including phenoxy) is 4. The Labute approximate surface area is 160 Å². The molecule has 1 aliphatic heterocycles. The Hall–Kier alpha value is -3.53. The number of nitrogens with zero attached hydrogens (tertiary/aromatic N) is 2. The fraction of sp³-hybridized carbons (Fsp3) is 0.316. The Morgan fingerprint density at radius 1 is 1.25 bits per heavy atom. The van der Waals surface area contributed by atoms with E-state index in [4.69, 9.17) is 24.7 Å². The van der Waals surface area contributed by atoms with Gasteiger partial charge in [0, 0.05) is 17.5 Å². The van der Waals surface area contributed by atoms with E-state index in [1.807, 2.05) is 12.1 Å². The van der Waals surface area contributed by atoms with Gasteiger partial charge < -0.3 is 29.7 Å². The smallest absolute Gasteiger partial charge is 0.268 e. The van der Waals surface area contributed by atoms with E-state index in [-0.39, 0.29) is 35.4 Å². The average molecular weight is 382 g/mol.